The molecule has 5 heteroatoms. The van der Waals surface area contributed by atoms with Gasteiger partial charge in [-0.25, -0.2) is 9.97 Å². The zero-order valence-electron chi connectivity index (χ0n) is 10.9. The molecule has 0 radical (unpaired) electrons. The molecular weight excluding hydrogens is 282 g/mol. The van der Waals surface area contributed by atoms with Gasteiger partial charge < -0.3 is 9.64 Å². The molecule has 0 aliphatic heterocycles. The molecule has 0 saturated heterocycles. The minimum atomic E-state index is 0.386. The summed E-state index contributed by atoms with van der Waals surface area (Å²) in [5, 5.41) is 0. The van der Waals surface area contributed by atoms with Gasteiger partial charge in [0.15, 0.2) is 0 Å². The highest BCUT2D eigenvalue weighted by Crippen LogP contribution is 2.18. The predicted octanol–water partition coefficient (Wildman–Crippen LogP) is 2.66. The van der Waals surface area contributed by atoms with Crippen LogP contribution in [0.25, 0.3) is 0 Å². The van der Waals surface area contributed by atoms with Crippen molar-refractivity contribution in [3.63, 3.8) is 0 Å². The Balaban J connectivity index is 2.96. The van der Waals surface area contributed by atoms with Crippen LogP contribution in [0.1, 0.15) is 26.6 Å². The summed E-state index contributed by atoms with van der Waals surface area (Å²) in [5.41, 5.74) is 0. The number of nitrogens with zero attached hydrogens (tertiary/aromatic N) is 3. The predicted molar refractivity (Wildman–Crippen MR) is 73.5 cm³/mol. The summed E-state index contributed by atoms with van der Waals surface area (Å²) in [6.45, 7) is 7.89. The second-order valence-corrected chi connectivity index (χ2v) is 4.91. The Bertz CT molecular complexity index is 358. The summed E-state index contributed by atoms with van der Waals surface area (Å²) in [6, 6.07) is 2.34. The Hall–Kier alpha value is -0.680. The molecule has 0 atom stereocenters. The number of rotatable bonds is 6. The third-order valence-corrected chi connectivity index (χ3v) is 2.90. The van der Waals surface area contributed by atoms with Crippen LogP contribution in [0.5, 0.6) is 0 Å². The van der Waals surface area contributed by atoms with E-state index in [0.717, 1.165) is 29.2 Å². The molecule has 0 aromatic carbocycles. The molecule has 0 aliphatic carbocycles. The van der Waals surface area contributed by atoms with Crippen LogP contribution in [-0.4, -0.2) is 36.3 Å². The van der Waals surface area contributed by atoms with Gasteiger partial charge in [0.25, 0.3) is 0 Å². The van der Waals surface area contributed by atoms with E-state index in [1.807, 2.05) is 6.07 Å². The van der Waals surface area contributed by atoms with Crippen molar-refractivity contribution < 1.29 is 4.74 Å². The molecule has 0 fully saturated rings. The molecule has 0 spiro atoms. The molecular formula is C12H20BrN3O. The maximum Gasteiger partial charge on any atom is 0.133 e. The van der Waals surface area contributed by atoms with Crippen molar-refractivity contribution in [1.82, 2.24) is 9.97 Å². The lowest BCUT2D eigenvalue weighted by Gasteiger charge is -2.27. The van der Waals surface area contributed by atoms with E-state index in [2.05, 4.69) is 51.6 Å². The molecule has 4 nitrogen and oxygen atoms in total. The van der Waals surface area contributed by atoms with Crippen molar-refractivity contribution in [2.24, 2.45) is 0 Å². The van der Waals surface area contributed by atoms with Gasteiger partial charge in [0, 0.05) is 32.2 Å². The van der Waals surface area contributed by atoms with E-state index in [1.54, 1.807) is 7.11 Å². The first-order chi connectivity index (χ1) is 8.08. The second-order valence-electron chi connectivity index (χ2n) is 4.10. The number of hydrogen-bond acceptors (Lipinski definition) is 4. The zero-order valence-corrected chi connectivity index (χ0v) is 12.5. The summed E-state index contributed by atoms with van der Waals surface area (Å²) in [4.78, 5) is 11.1. The van der Waals surface area contributed by atoms with Gasteiger partial charge in [-0.2, -0.15) is 0 Å². The molecule has 1 aromatic rings. The fourth-order valence-electron chi connectivity index (χ4n) is 1.58. The molecule has 0 bridgehead atoms. The standard InChI is InChI=1S/C12H20BrN3O/c1-5-11-14-10(13)8-12(15-11)16(9(2)3)6-7-17-4/h8-9H,5-7H2,1-4H3. The highest BCUT2D eigenvalue weighted by molar-refractivity contribution is 9.10. The SMILES string of the molecule is CCc1nc(Br)cc(N(CCOC)C(C)C)n1. The van der Waals surface area contributed by atoms with Gasteiger partial charge in [-0.1, -0.05) is 6.92 Å². The molecule has 17 heavy (non-hydrogen) atoms. The van der Waals surface area contributed by atoms with Crippen LogP contribution in [0.2, 0.25) is 0 Å². The van der Waals surface area contributed by atoms with Gasteiger partial charge in [0.2, 0.25) is 0 Å². The van der Waals surface area contributed by atoms with Crippen LogP contribution >= 0.6 is 15.9 Å². The van der Waals surface area contributed by atoms with Crippen LogP contribution in [0, 0.1) is 0 Å². The third kappa shape index (κ3) is 4.24. The topological polar surface area (TPSA) is 38.2 Å². The van der Waals surface area contributed by atoms with E-state index >= 15 is 0 Å². The molecule has 1 rings (SSSR count). The number of aromatic nitrogens is 2. The minimum Gasteiger partial charge on any atom is -0.383 e. The monoisotopic (exact) mass is 301 g/mol. The summed E-state index contributed by atoms with van der Waals surface area (Å²) in [7, 11) is 1.71. The van der Waals surface area contributed by atoms with Gasteiger partial charge in [0.1, 0.15) is 16.2 Å². The molecule has 96 valence electrons. The molecule has 1 heterocycles. The summed E-state index contributed by atoms with van der Waals surface area (Å²) < 4.78 is 5.97. The summed E-state index contributed by atoms with van der Waals surface area (Å²) in [6.07, 6.45) is 0.836. The number of anilines is 1. The highest BCUT2D eigenvalue weighted by Gasteiger charge is 2.13. The minimum absolute atomic E-state index is 0.386. The molecule has 0 amide bonds. The molecule has 0 saturated carbocycles. The lowest BCUT2D eigenvalue weighted by atomic mass is 10.3. The van der Waals surface area contributed by atoms with Crippen LogP contribution in [0.15, 0.2) is 10.7 Å². The van der Waals surface area contributed by atoms with Crippen LogP contribution in [0.3, 0.4) is 0 Å². The van der Waals surface area contributed by atoms with E-state index in [1.165, 1.54) is 0 Å². The van der Waals surface area contributed by atoms with Crippen molar-refractivity contribution in [2.45, 2.75) is 33.2 Å². The van der Waals surface area contributed by atoms with Gasteiger partial charge in [0.05, 0.1) is 6.61 Å². The first-order valence-electron chi connectivity index (χ1n) is 5.87. The lowest BCUT2D eigenvalue weighted by Crippen LogP contribution is -2.34. The first kappa shape index (κ1) is 14.4. The van der Waals surface area contributed by atoms with E-state index < -0.39 is 0 Å². The Kier molecular flexibility index (Phi) is 5.85. The fourth-order valence-corrected chi connectivity index (χ4v) is 1.99. The van der Waals surface area contributed by atoms with Gasteiger partial charge in [-0.15, -0.1) is 0 Å². The van der Waals surface area contributed by atoms with E-state index in [0.29, 0.717) is 12.6 Å². The quantitative estimate of drug-likeness (QED) is 0.757. The van der Waals surface area contributed by atoms with Crippen molar-refractivity contribution in [1.29, 1.82) is 0 Å². The largest absolute Gasteiger partial charge is 0.383 e. The first-order valence-corrected chi connectivity index (χ1v) is 6.66. The van der Waals surface area contributed by atoms with E-state index in [4.69, 9.17) is 4.74 Å². The third-order valence-electron chi connectivity index (χ3n) is 2.50. The Labute approximate surface area is 112 Å². The van der Waals surface area contributed by atoms with Crippen molar-refractivity contribution in [3.8, 4) is 0 Å². The normalized spacial score (nSPS) is 10.9. The zero-order chi connectivity index (χ0) is 12.8. The maximum absolute atomic E-state index is 5.13. The van der Waals surface area contributed by atoms with Crippen molar-refractivity contribution in [3.05, 3.63) is 16.5 Å². The average molecular weight is 302 g/mol. The average Bonchev–Trinajstić information content (AvgIpc) is 2.28. The lowest BCUT2D eigenvalue weighted by molar-refractivity contribution is 0.203. The van der Waals surface area contributed by atoms with Gasteiger partial charge in [-0.05, 0) is 29.8 Å². The summed E-state index contributed by atoms with van der Waals surface area (Å²) in [5.74, 6) is 1.81. The van der Waals surface area contributed by atoms with E-state index in [9.17, 15) is 0 Å². The number of hydrogen-bond donors (Lipinski definition) is 0. The smallest absolute Gasteiger partial charge is 0.133 e. The molecule has 0 aliphatic rings. The fraction of sp³-hybridized carbons (Fsp3) is 0.667. The number of ether oxygens (including phenoxy) is 1. The Morgan fingerprint density at radius 2 is 2.12 bits per heavy atom. The van der Waals surface area contributed by atoms with E-state index in [-0.39, 0.29) is 0 Å². The van der Waals surface area contributed by atoms with Crippen LogP contribution in [-0.2, 0) is 11.2 Å². The van der Waals surface area contributed by atoms with Crippen molar-refractivity contribution >= 4 is 21.7 Å². The molecule has 0 N–H and O–H groups in total. The number of methoxy groups -OCH3 is 1. The molecule has 1 aromatic heterocycles. The second kappa shape index (κ2) is 6.91. The van der Waals surface area contributed by atoms with Crippen molar-refractivity contribution in [2.75, 3.05) is 25.2 Å². The van der Waals surface area contributed by atoms with Gasteiger partial charge in [-0.3, -0.25) is 0 Å². The highest BCUT2D eigenvalue weighted by atomic mass is 79.9. The molecule has 0 unspecified atom stereocenters. The Morgan fingerprint density at radius 1 is 1.41 bits per heavy atom. The maximum atomic E-state index is 5.13. The van der Waals surface area contributed by atoms with Gasteiger partial charge >= 0.3 is 0 Å². The van der Waals surface area contributed by atoms with Crippen LogP contribution < -0.4 is 4.90 Å². The van der Waals surface area contributed by atoms with Crippen LogP contribution in [0.4, 0.5) is 5.82 Å². The summed E-state index contributed by atoms with van der Waals surface area (Å²) >= 11 is 3.43. The number of halogens is 1. The Morgan fingerprint density at radius 3 is 2.65 bits per heavy atom. The number of aryl methyl sites for hydroxylation is 1.